The summed E-state index contributed by atoms with van der Waals surface area (Å²) in [6.07, 6.45) is 5.97. The summed E-state index contributed by atoms with van der Waals surface area (Å²) in [5.74, 6) is 3.67. The molecular formula is C13H20O2. The van der Waals surface area contributed by atoms with Gasteiger partial charge in [-0.05, 0) is 23.7 Å². The molecule has 2 heteroatoms. The number of hydrogen-bond acceptors (Lipinski definition) is 2. The fourth-order valence-corrected chi connectivity index (χ4v) is 1.46. The molecule has 0 radical (unpaired) electrons. The van der Waals surface area contributed by atoms with Gasteiger partial charge in [-0.15, -0.1) is 0 Å². The van der Waals surface area contributed by atoms with Crippen molar-refractivity contribution in [2.75, 3.05) is 0 Å². The first-order valence-electron chi connectivity index (χ1n) is 5.27. The summed E-state index contributed by atoms with van der Waals surface area (Å²) in [5, 5.41) is 0. The molecule has 0 aliphatic carbocycles. The molecule has 0 heterocycles. The molecule has 0 spiro atoms. The van der Waals surface area contributed by atoms with Crippen LogP contribution < -0.4 is 0 Å². The van der Waals surface area contributed by atoms with Gasteiger partial charge < -0.3 is 0 Å². The van der Waals surface area contributed by atoms with Gasteiger partial charge in [0.25, 0.3) is 0 Å². The quantitative estimate of drug-likeness (QED) is 0.629. The normalized spacial score (nSPS) is 11.5. The Hall–Kier alpha value is -1.10. The third-order valence-corrected chi connectivity index (χ3v) is 2.54. The van der Waals surface area contributed by atoms with Crippen LogP contribution in [-0.2, 0) is 9.59 Å². The van der Waals surface area contributed by atoms with Crippen molar-refractivity contribution in [2.45, 2.75) is 47.0 Å². The Kier molecular flexibility index (Phi) is 5.28. The molecule has 0 aliphatic rings. The van der Waals surface area contributed by atoms with Crippen LogP contribution in [0.15, 0.2) is 12.2 Å². The van der Waals surface area contributed by atoms with E-state index in [1.54, 1.807) is 12.2 Å². The Morgan fingerprint density at radius 1 is 0.867 bits per heavy atom. The molecule has 0 saturated carbocycles. The van der Waals surface area contributed by atoms with Crippen LogP contribution >= 0.6 is 0 Å². The van der Waals surface area contributed by atoms with Crippen molar-refractivity contribution in [1.82, 2.24) is 0 Å². The first-order valence-corrected chi connectivity index (χ1v) is 5.27. The second kappa shape index (κ2) is 5.70. The predicted molar refractivity (Wildman–Crippen MR) is 61.9 cm³/mol. The summed E-state index contributed by atoms with van der Waals surface area (Å²) in [4.78, 5) is 20.5. The molecule has 84 valence electrons. The molecule has 0 aliphatic heterocycles. The lowest BCUT2D eigenvalue weighted by Crippen LogP contribution is -2.12. The van der Waals surface area contributed by atoms with Gasteiger partial charge in [0.1, 0.15) is 11.9 Å². The zero-order chi connectivity index (χ0) is 11.9. The van der Waals surface area contributed by atoms with Crippen molar-refractivity contribution in [3.8, 4) is 0 Å². The molecule has 2 nitrogen and oxygen atoms in total. The summed E-state index contributed by atoms with van der Waals surface area (Å²) >= 11 is 0. The van der Waals surface area contributed by atoms with Gasteiger partial charge in [0.2, 0.25) is 0 Å². The van der Waals surface area contributed by atoms with Crippen LogP contribution in [0.3, 0.4) is 0 Å². The Labute approximate surface area is 92.1 Å². The van der Waals surface area contributed by atoms with E-state index in [0.717, 1.165) is 19.3 Å². The first kappa shape index (κ1) is 13.9. The highest BCUT2D eigenvalue weighted by Crippen LogP contribution is 2.29. The molecule has 0 bridgehead atoms. The van der Waals surface area contributed by atoms with Gasteiger partial charge in [0, 0.05) is 12.2 Å². The van der Waals surface area contributed by atoms with Crippen molar-refractivity contribution in [3.05, 3.63) is 12.2 Å². The van der Waals surface area contributed by atoms with Crippen molar-refractivity contribution >= 4 is 11.9 Å². The van der Waals surface area contributed by atoms with Crippen LogP contribution in [0.2, 0.25) is 0 Å². The topological polar surface area (TPSA) is 34.1 Å². The van der Waals surface area contributed by atoms with Crippen molar-refractivity contribution in [3.63, 3.8) is 0 Å². The van der Waals surface area contributed by atoms with E-state index in [0.29, 0.717) is 0 Å². The highest BCUT2D eigenvalue weighted by Gasteiger charge is 2.18. The predicted octanol–water partition coefficient (Wildman–Crippen LogP) is 2.98. The molecule has 0 aromatic heterocycles. The molecule has 0 unspecified atom stereocenters. The summed E-state index contributed by atoms with van der Waals surface area (Å²) < 4.78 is 0. The standard InChI is InChI=1S/C13H20O2/c1-12(2,8-10-14)6-5-7-13(3,4)9-11-15/h8-9H,5-7H2,1-4H3. The van der Waals surface area contributed by atoms with Crippen LogP contribution in [-0.4, -0.2) is 11.9 Å². The summed E-state index contributed by atoms with van der Waals surface area (Å²) in [6, 6.07) is 0. The molecule has 15 heavy (non-hydrogen) atoms. The molecule has 0 aromatic carbocycles. The minimum absolute atomic E-state index is 0.0945. The van der Waals surface area contributed by atoms with Crippen LogP contribution in [0.4, 0.5) is 0 Å². The zero-order valence-electron chi connectivity index (χ0n) is 10.1. The summed E-state index contributed by atoms with van der Waals surface area (Å²) in [5.41, 5.74) is -0.189. The molecule has 0 aromatic rings. The molecule has 0 rings (SSSR count). The van der Waals surface area contributed by atoms with Crippen LogP contribution in [0.5, 0.6) is 0 Å². The lowest BCUT2D eigenvalue weighted by atomic mass is 9.82. The second-order valence-corrected chi connectivity index (χ2v) is 5.36. The average Bonchev–Trinajstić information content (AvgIpc) is 2.02. The Balaban J connectivity index is 4.09. The smallest absolute Gasteiger partial charge is 0.120 e. The van der Waals surface area contributed by atoms with E-state index in [1.165, 1.54) is 0 Å². The molecule has 0 atom stereocenters. The van der Waals surface area contributed by atoms with Gasteiger partial charge in [-0.1, -0.05) is 34.1 Å². The lowest BCUT2D eigenvalue weighted by molar-refractivity contribution is 0.353. The van der Waals surface area contributed by atoms with Gasteiger partial charge in [-0.3, -0.25) is 0 Å². The average molecular weight is 208 g/mol. The minimum atomic E-state index is -0.0945. The van der Waals surface area contributed by atoms with Gasteiger partial charge in [0.05, 0.1) is 0 Å². The highest BCUT2D eigenvalue weighted by molar-refractivity contribution is 5.47. The monoisotopic (exact) mass is 208 g/mol. The SMILES string of the molecule is CC(C)(C=C=O)CCCC(C)(C)C=C=O. The molecule has 0 saturated heterocycles. The second-order valence-electron chi connectivity index (χ2n) is 5.36. The van der Waals surface area contributed by atoms with Crippen LogP contribution in [0.25, 0.3) is 0 Å². The van der Waals surface area contributed by atoms with Gasteiger partial charge in [-0.2, -0.15) is 0 Å². The molecule has 0 N–H and O–H groups in total. The fraction of sp³-hybridized carbons (Fsp3) is 0.692. The Morgan fingerprint density at radius 2 is 1.20 bits per heavy atom. The molecule has 0 fully saturated rings. The van der Waals surface area contributed by atoms with E-state index in [9.17, 15) is 9.59 Å². The van der Waals surface area contributed by atoms with E-state index in [4.69, 9.17) is 0 Å². The van der Waals surface area contributed by atoms with Crippen LogP contribution in [0.1, 0.15) is 47.0 Å². The molecule has 0 amide bonds. The largest absolute Gasteiger partial charge is 0.234 e. The van der Waals surface area contributed by atoms with Crippen molar-refractivity contribution in [2.24, 2.45) is 10.8 Å². The maximum absolute atomic E-state index is 10.2. The van der Waals surface area contributed by atoms with Crippen LogP contribution in [0, 0.1) is 10.8 Å². The molecular weight excluding hydrogens is 188 g/mol. The van der Waals surface area contributed by atoms with Crippen molar-refractivity contribution < 1.29 is 9.59 Å². The Bertz CT molecular complexity index is 258. The maximum atomic E-state index is 10.2. The third kappa shape index (κ3) is 6.90. The number of hydrogen-bond donors (Lipinski definition) is 0. The lowest BCUT2D eigenvalue weighted by Gasteiger charge is -2.22. The van der Waals surface area contributed by atoms with Gasteiger partial charge in [-0.25, -0.2) is 9.59 Å². The highest BCUT2D eigenvalue weighted by atomic mass is 16.1. The summed E-state index contributed by atoms with van der Waals surface area (Å²) in [7, 11) is 0. The number of carbonyl (C=O) groups excluding carboxylic acids is 2. The first-order chi connectivity index (χ1) is 6.83. The third-order valence-electron chi connectivity index (χ3n) is 2.54. The zero-order valence-corrected chi connectivity index (χ0v) is 10.1. The van der Waals surface area contributed by atoms with Gasteiger partial charge >= 0.3 is 0 Å². The van der Waals surface area contributed by atoms with E-state index in [-0.39, 0.29) is 10.8 Å². The number of rotatable bonds is 6. The van der Waals surface area contributed by atoms with E-state index >= 15 is 0 Å². The van der Waals surface area contributed by atoms with Crippen molar-refractivity contribution in [1.29, 1.82) is 0 Å². The Morgan fingerprint density at radius 3 is 1.47 bits per heavy atom. The van der Waals surface area contributed by atoms with Gasteiger partial charge in [0.15, 0.2) is 0 Å². The summed E-state index contributed by atoms with van der Waals surface area (Å²) in [6.45, 7) is 8.06. The van der Waals surface area contributed by atoms with E-state index in [1.807, 2.05) is 39.6 Å². The van der Waals surface area contributed by atoms with E-state index < -0.39 is 0 Å². The fourth-order valence-electron chi connectivity index (χ4n) is 1.46. The minimum Gasteiger partial charge on any atom is -0.234 e. The number of allylic oxidation sites excluding steroid dienone is 2. The van der Waals surface area contributed by atoms with E-state index in [2.05, 4.69) is 0 Å². The maximum Gasteiger partial charge on any atom is 0.120 e.